The predicted octanol–water partition coefficient (Wildman–Crippen LogP) is 0.719. The molecule has 2 rings (SSSR count). The van der Waals surface area contributed by atoms with E-state index in [0.717, 1.165) is 11.3 Å². The van der Waals surface area contributed by atoms with E-state index in [4.69, 9.17) is 0 Å². The molecule has 0 spiro atoms. The van der Waals surface area contributed by atoms with Gasteiger partial charge in [0.25, 0.3) is 0 Å². The van der Waals surface area contributed by atoms with Crippen molar-refractivity contribution in [3.63, 3.8) is 0 Å². The van der Waals surface area contributed by atoms with Gasteiger partial charge in [-0.15, -0.1) is 0 Å². The number of urea groups is 1. The summed E-state index contributed by atoms with van der Waals surface area (Å²) < 4.78 is 22.8. The highest BCUT2D eigenvalue weighted by Gasteiger charge is 2.32. The number of pyridine rings is 1. The topological polar surface area (TPSA) is 79.4 Å². The van der Waals surface area contributed by atoms with Crippen LogP contribution in [0.1, 0.15) is 17.7 Å². The van der Waals surface area contributed by atoms with Crippen LogP contribution in [0.3, 0.4) is 0 Å². The van der Waals surface area contributed by atoms with Gasteiger partial charge in [-0.05, 0) is 25.0 Å². The fourth-order valence-corrected chi connectivity index (χ4v) is 3.93. The van der Waals surface area contributed by atoms with Gasteiger partial charge in [0.15, 0.2) is 9.84 Å². The lowest BCUT2D eigenvalue weighted by atomic mass is 10.2. The second kappa shape index (κ2) is 5.78. The first kappa shape index (κ1) is 14.8. The molecule has 0 aliphatic carbocycles. The average Bonchev–Trinajstić information content (AvgIpc) is 2.77. The number of rotatable bonds is 3. The maximum absolute atomic E-state index is 12.0. The zero-order valence-corrected chi connectivity index (χ0v) is 12.5. The lowest BCUT2D eigenvalue weighted by Crippen LogP contribution is -2.43. The Morgan fingerprint density at radius 2 is 2.25 bits per heavy atom. The van der Waals surface area contributed by atoms with Gasteiger partial charge in [0, 0.05) is 31.5 Å². The molecule has 7 heteroatoms. The number of aromatic nitrogens is 1. The van der Waals surface area contributed by atoms with Crippen molar-refractivity contribution >= 4 is 15.9 Å². The van der Waals surface area contributed by atoms with Gasteiger partial charge in [-0.2, -0.15) is 0 Å². The quantitative estimate of drug-likeness (QED) is 0.891. The van der Waals surface area contributed by atoms with E-state index in [2.05, 4.69) is 10.3 Å². The lowest BCUT2D eigenvalue weighted by Gasteiger charge is -2.23. The van der Waals surface area contributed by atoms with Gasteiger partial charge < -0.3 is 10.2 Å². The Balaban J connectivity index is 1.87. The van der Waals surface area contributed by atoms with Crippen LogP contribution in [0.5, 0.6) is 0 Å². The molecule has 1 aromatic rings. The Hall–Kier alpha value is -1.63. The van der Waals surface area contributed by atoms with Gasteiger partial charge in [-0.3, -0.25) is 4.98 Å². The Morgan fingerprint density at radius 1 is 1.50 bits per heavy atom. The summed E-state index contributed by atoms with van der Waals surface area (Å²) in [6.07, 6.45) is 2.23. The molecule has 20 heavy (non-hydrogen) atoms. The first-order chi connectivity index (χ1) is 9.37. The maximum Gasteiger partial charge on any atom is 0.317 e. The number of carbonyl (C=O) groups is 1. The van der Waals surface area contributed by atoms with Crippen molar-refractivity contribution in [2.75, 3.05) is 18.6 Å². The van der Waals surface area contributed by atoms with Gasteiger partial charge >= 0.3 is 6.03 Å². The molecule has 1 aliphatic heterocycles. The van der Waals surface area contributed by atoms with Crippen LogP contribution in [-0.4, -0.2) is 48.9 Å². The van der Waals surface area contributed by atoms with Crippen LogP contribution in [0.25, 0.3) is 0 Å². The number of amides is 2. The van der Waals surface area contributed by atoms with E-state index < -0.39 is 9.84 Å². The number of nitrogens with one attached hydrogen (secondary N) is 1. The third-order valence-electron chi connectivity index (χ3n) is 3.49. The number of hydrogen-bond donors (Lipinski definition) is 1. The molecule has 110 valence electrons. The van der Waals surface area contributed by atoms with E-state index in [1.807, 2.05) is 19.1 Å². The summed E-state index contributed by atoms with van der Waals surface area (Å²) in [6.45, 7) is 2.28. The number of aryl methyl sites for hydroxylation is 1. The van der Waals surface area contributed by atoms with Crippen molar-refractivity contribution in [2.45, 2.75) is 25.9 Å². The van der Waals surface area contributed by atoms with E-state index in [-0.39, 0.29) is 23.6 Å². The number of nitrogens with zero attached hydrogens (tertiary/aromatic N) is 2. The Kier molecular flexibility index (Phi) is 4.27. The van der Waals surface area contributed by atoms with Gasteiger partial charge in [-0.1, -0.05) is 6.07 Å². The third-order valence-corrected chi connectivity index (χ3v) is 5.24. The maximum atomic E-state index is 12.0. The highest BCUT2D eigenvalue weighted by atomic mass is 32.2. The number of sulfone groups is 1. The SMILES string of the molecule is Cc1ccc(CNC(=O)N(C)[C@H]2CCS(=O)(=O)C2)cn1. The van der Waals surface area contributed by atoms with Gasteiger partial charge in [0.2, 0.25) is 0 Å². The van der Waals surface area contributed by atoms with Gasteiger partial charge in [0.1, 0.15) is 0 Å². The van der Waals surface area contributed by atoms with Crippen molar-refractivity contribution in [3.05, 3.63) is 29.6 Å². The molecule has 1 fully saturated rings. The Labute approximate surface area is 119 Å². The molecule has 1 atom stereocenters. The van der Waals surface area contributed by atoms with E-state index in [1.165, 1.54) is 4.90 Å². The van der Waals surface area contributed by atoms with Crippen molar-refractivity contribution < 1.29 is 13.2 Å². The van der Waals surface area contributed by atoms with Crippen LogP contribution in [0.2, 0.25) is 0 Å². The van der Waals surface area contributed by atoms with E-state index in [1.54, 1.807) is 13.2 Å². The Morgan fingerprint density at radius 3 is 2.80 bits per heavy atom. The summed E-state index contributed by atoms with van der Waals surface area (Å²) >= 11 is 0. The minimum Gasteiger partial charge on any atom is -0.334 e. The van der Waals surface area contributed by atoms with Crippen LogP contribution >= 0.6 is 0 Å². The molecule has 6 nitrogen and oxygen atoms in total. The molecule has 0 aromatic carbocycles. The molecule has 1 N–H and O–H groups in total. The minimum atomic E-state index is -2.98. The van der Waals surface area contributed by atoms with Gasteiger partial charge in [-0.25, -0.2) is 13.2 Å². The molecule has 0 radical (unpaired) electrons. The smallest absolute Gasteiger partial charge is 0.317 e. The van der Waals surface area contributed by atoms with Crippen molar-refractivity contribution in [1.29, 1.82) is 0 Å². The minimum absolute atomic E-state index is 0.0585. The molecule has 2 amide bonds. The Bertz CT molecular complexity index is 583. The van der Waals surface area contributed by atoms with Gasteiger partial charge in [0.05, 0.1) is 11.5 Å². The molecule has 1 aromatic heterocycles. The fraction of sp³-hybridized carbons (Fsp3) is 0.538. The molecule has 0 bridgehead atoms. The molecule has 0 unspecified atom stereocenters. The van der Waals surface area contributed by atoms with Crippen LogP contribution in [-0.2, 0) is 16.4 Å². The summed E-state index contributed by atoms with van der Waals surface area (Å²) in [5.41, 5.74) is 1.84. The fourth-order valence-electron chi connectivity index (χ4n) is 2.15. The second-order valence-electron chi connectivity index (χ2n) is 5.13. The molecule has 0 saturated carbocycles. The zero-order chi connectivity index (χ0) is 14.8. The van der Waals surface area contributed by atoms with Crippen molar-refractivity contribution in [1.82, 2.24) is 15.2 Å². The summed E-state index contributed by atoms with van der Waals surface area (Å²) in [4.78, 5) is 17.6. The summed E-state index contributed by atoms with van der Waals surface area (Å²) in [5, 5.41) is 2.77. The number of hydrogen-bond acceptors (Lipinski definition) is 4. The predicted molar refractivity (Wildman–Crippen MR) is 76.0 cm³/mol. The van der Waals surface area contributed by atoms with Crippen molar-refractivity contribution in [3.8, 4) is 0 Å². The summed E-state index contributed by atoms with van der Waals surface area (Å²) in [5.74, 6) is 0.222. The highest BCUT2D eigenvalue weighted by Crippen LogP contribution is 2.16. The van der Waals surface area contributed by atoms with E-state index in [9.17, 15) is 13.2 Å². The average molecular weight is 297 g/mol. The monoisotopic (exact) mass is 297 g/mol. The second-order valence-corrected chi connectivity index (χ2v) is 7.36. The van der Waals surface area contributed by atoms with E-state index in [0.29, 0.717) is 13.0 Å². The van der Waals surface area contributed by atoms with Crippen LogP contribution in [0.15, 0.2) is 18.3 Å². The van der Waals surface area contributed by atoms with Crippen LogP contribution < -0.4 is 5.32 Å². The molecular formula is C13H19N3O3S. The number of carbonyl (C=O) groups excluding carboxylic acids is 1. The summed E-state index contributed by atoms with van der Waals surface area (Å²) in [7, 11) is -1.34. The first-order valence-corrected chi connectivity index (χ1v) is 8.32. The molecular weight excluding hydrogens is 278 g/mol. The standard InChI is InChI=1S/C13H19N3O3S/c1-10-3-4-11(7-14-10)8-15-13(17)16(2)12-5-6-20(18,19)9-12/h3-4,7,12H,5-6,8-9H2,1-2H3,(H,15,17)/t12-/m0/s1. The first-order valence-electron chi connectivity index (χ1n) is 6.50. The summed E-state index contributed by atoms with van der Waals surface area (Å²) in [6, 6.07) is 3.31. The molecule has 2 heterocycles. The molecule has 1 saturated heterocycles. The normalized spacial score (nSPS) is 20.6. The van der Waals surface area contributed by atoms with E-state index >= 15 is 0 Å². The highest BCUT2D eigenvalue weighted by molar-refractivity contribution is 7.91. The lowest BCUT2D eigenvalue weighted by molar-refractivity contribution is 0.194. The van der Waals surface area contributed by atoms with Crippen molar-refractivity contribution in [2.24, 2.45) is 0 Å². The van der Waals surface area contributed by atoms with Crippen LogP contribution in [0.4, 0.5) is 4.79 Å². The molecule has 1 aliphatic rings. The third kappa shape index (κ3) is 3.69. The zero-order valence-electron chi connectivity index (χ0n) is 11.7. The largest absolute Gasteiger partial charge is 0.334 e. The van der Waals surface area contributed by atoms with Crippen LogP contribution in [0, 0.1) is 6.92 Å².